The highest BCUT2D eigenvalue weighted by Gasteiger charge is 2.25. The van der Waals surface area contributed by atoms with Crippen LogP contribution in [0.1, 0.15) is 0 Å². The molecule has 0 fully saturated rings. The van der Waals surface area contributed by atoms with Crippen LogP contribution in [0.2, 0.25) is 0 Å². The predicted octanol–water partition coefficient (Wildman–Crippen LogP) is 3.47. The van der Waals surface area contributed by atoms with Crippen LogP contribution in [0, 0.1) is 5.82 Å². The summed E-state index contributed by atoms with van der Waals surface area (Å²) in [5, 5.41) is 1.69. The second-order valence-electron chi connectivity index (χ2n) is 3.50. The Morgan fingerprint density at radius 1 is 1.22 bits per heavy atom. The number of anilines is 1. The Morgan fingerprint density at radius 2 is 1.83 bits per heavy atom. The van der Waals surface area contributed by atoms with Gasteiger partial charge in [-0.3, -0.25) is 4.31 Å². The monoisotopic (exact) mass is 349 g/mol. The molecule has 0 spiro atoms. The standard InChI is InChI=1S/C11H9BrFNO2S2/c1-14(9-4-2-8(13)3-5-9)18(15,16)11-10(12)6-7-17-11/h2-7H,1H3. The van der Waals surface area contributed by atoms with Crippen LogP contribution >= 0.6 is 27.3 Å². The summed E-state index contributed by atoms with van der Waals surface area (Å²) in [6.07, 6.45) is 0. The van der Waals surface area contributed by atoms with E-state index >= 15 is 0 Å². The summed E-state index contributed by atoms with van der Waals surface area (Å²) >= 11 is 4.33. The van der Waals surface area contributed by atoms with Gasteiger partial charge in [0, 0.05) is 11.5 Å². The number of hydrogen-bond acceptors (Lipinski definition) is 3. The molecule has 7 heteroatoms. The molecule has 1 aromatic carbocycles. The minimum absolute atomic E-state index is 0.231. The molecule has 2 aromatic rings. The van der Waals surface area contributed by atoms with Crippen molar-refractivity contribution < 1.29 is 12.8 Å². The lowest BCUT2D eigenvalue weighted by molar-refractivity contribution is 0.595. The molecular weight excluding hydrogens is 341 g/mol. The molecule has 0 aliphatic carbocycles. The molecule has 0 N–H and O–H groups in total. The van der Waals surface area contributed by atoms with E-state index in [2.05, 4.69) is 15.9 Å². The summed E-state index contributed by atoms with van der Waals surface area (Å²) in [5.41, 5.74) is 0.414. The molecule has 0 aliphatic rings. The van der Waals surface area contributed by atoms with Crippen LogP contribution in [0.15, 0.2) is 44.4 Å². The van der Waals surface area contributed by atoms with E-state index in [0.29, 0.717) is 10.2 Å². The summed E-state index contributed by atoms with van der Waals surface area (Å²) in [4.78, 5) is 0. The highest BCUT2D eigenvalue weighted by molar-refractivity contribution is 9.10. The van der Waals surface area contributed by atoms with Crippen LogP contribution in [0.25, 0.3) is 0 Å². The second-order valence-corrected chi connectivity index (χ2v) is 7.44. The van der Waals surface area contributed by atoms with E-state index in [1.54, 1.807) is 11.4 Å². The largest absolute Gasteiger partial charge is 0.274 e. The Kier molecular flexibility index (Phi) is 3.74. The van der Waals surface area contributed by atoms with Gasteiger partial charge in [-0.2, -0.15) is 0 Å². The quantitative estimate of drug-likeness (QED) is 0.850. The first kappa shape index (κ1) is 13.5. The van der Waals surface area contributed by atoms with E-state index in [1.165, 1.54) is 31.3 Å². The lowest BCUT2D eigenvalue weighted by Gasteiger charge is -2.18. The first-order chi connectivity index (χ1) is 8.43. The Morgan fingerprint density at radius 3 is 2.33 bits per heavy atom. The highest BCUT2D eigenvalue weighted by Crippen LogP contribution is 2.31. The Labute approximate surface area is 117 Å². The SMILES string of the molecule is CN(c1ccc(F)cc1)S(=O)(=O)c1sccc1Br. The van der Waals surface area contributed by atoms with Gasteiger partial charge in [0.15, 0.2) is 4.21 Å². The highest BCUT2D eigenvalue weighted by atomic mass is 79.9. The number of benzene rings is 1. The first-order valence-corrected chi connectivity index (χ1v) is 8.01. The molecule has 0 saturated carbocycles. The van der Waals surface area contributed by atoms with Crippen molar-refractivity contribution in [3.05, 3.63) is 46.0 Å². The topological polar surface area (TPSA) is 37.4 Å². The number of sulfonamides is 1. The molecule has 2 rings (SSSR count). The fourth-order valence-electron chi connectivity index (χ4n) is 1.38. The van der Waals surface area contributed by atoms with Gasteiger partial charge in [-0.05, 0) is 51.6 Å². The van der Waals surface area contributed by atoms with E-state index in [9.17, 15) is 12.8 Å². The molecule has 18 heavy (non-hydrogen) atoms. The molecule has 0 unspecified atom stereocenters. The molecule has 0 amide bonds. The maximum absolute atomic E-state index is 12.8. The average molecular weight is 350 g/mol. The Balaban J connectivity index is 2.42. The minimum atomic E-state index is -3.61. The van der Waals surface area contributed by atoms with E-state index in [1.807, 2.05) is 0 Å². The third kappa shape index (κ3) is 2.43. The summed E-state index contributed by atoms with van der Waals surface area (Å²) in [6.45, 7) is 0. The molecule has 0 bridgehead atoms. The zero-order chi connectivity index (χ0) is 13.3. The van der Waals surface area contributed by atoms with Crippen LogP contribution in [0.4, 0.5) is 10.1 Å². The van der Waals surface area contributed by atoms with Crippen molar-refractivity contribution in [2.45, 2.75) is 4.21 Å². The molecule has 1 aromatic heterocycles. The molecule has 96 valence electrons. The van der Waals surface area contributed by atoms with Gasteiger partial charge in [-0.25, -0.2) is 12.8 Å². The maximum Gasteiger partial charge on any atom is 0.274 e. The molecule has 3 nitrogen and oxygen atoms in total. The van der Waals surface area contributed by atoms with Gasteiger partial charge in [0.1, 0.15) is 5.82 Å². The van der Waals surface area contributed by atoms with Crippen molar-refractivity contribution in [2.24, 2.45) is 0 Å². The van der Waals surface area contributed by atoms with Gasteiger partial charge in [0.05, 0.1) is 5.69 Å². The lowest BCUT2D eigenvalue weighted by atomic mass is 10.3. The van der Waals surface area contributed by atoms with Crippen LogP contribution in [0.5, 0.6) is 0 Å². The second kappa shape index (κ2) is 4.99. The van der Waals surface area contributed by atoms with Gasteiger partial charge in [0.2, 0.25) is 0 Å². The van der Waals surface area contributed by atoms with Gasteiger partial charge in [-0.15, -0.1) is 11.3 Å². The number of thiophene rings is 1. The van der Waals surface area contributed by atoms with Crippen molar-refractivity contribution in [1.82, 2.24) is 0 Å². The van der Waals surface area contributed by atoms with Gasteiger partial charge in [0.25, 0.3) is 10.0 Å². The number of rotatable bonds is 3. The van der Waals surface area contributed by atoms with Gasteiger partial charge in [-0.1, -0.05) is 0 Å². The molecule has 0 aliphatic heterocycles. The summed E-state index contributed by atoms with van der Waals surface area (Å²) in [7, 11) is -2.17. The zero-order valence-corrected chi connectivity index (χ0v) is 12.5. The van der Waals surface area contributed by atoms with Crippen LogP contribution < -0.4 is 4.31 Å². The van der Waals surface area contributed by atoms with Crippen molar-refractivity contribution >= 4 is 43.0 Å². The van der Waals surface area contributed by atoms with E-state index < -0.39 is 15.8 Å². The van der Waals surface area contributed by atoms with Gasteiger partial charge >= 0.3 is 0 Å². The number of hydrogen-bond donors (Lipinski definition) is 0. The third-order valence-electron chi connectivity index (χ3n) is 2.37. The van der Waals surface area contributed by atoms with Crippen molar-refractivity contribution in [2.75, 3.05) is 11.4 Å². The normalized spacial score (nSPS) is 11.5. The fraction of sp³-hybridized carbons (Fsp3) is 0.0909. The van der Waals surface area contributed by atoms with Crippen LogP contribution in [-0.4, -0.2) is 15.5 Å². The lowest BCUT2D eigenvalue weighted by Crippen LogP contribution is -2.26. The molecule has 0 saturated heterocycles. The third-order valence-corrected chi connectivity index (χ3v) is 6.80. The maximum atomic E-state index is 12.8. The van der Waals surface area contributed by atoms with E-state index in [-0.39, 0.29) is 4.21 Å². The Bertz CT molecular complexity index is 652. The van der Waals surface area contributed by atoms with Crippen molar-refractivity contribution in [3.8, 4) is 0 Å². The van der Waals surface area contributed by atoms with Crippen molar-refractivity contribution in [3.63, 3.8) is 0 Å². The summed E-state index contributed by atoms with van der Waals surface area (Å²) in [5.74, 6) is -0.401. The van der Waals surface area contributed by atoms with Crippen LogP contribution in [0.3, 0.4) is 0 Å². The summed E-state index contributed by atoms with van der Waals surface area (Å²) < 4.78 is 39.3. The number of halogens is 2. The minimum Gasteiger partial charge on any atom is -0.269 e. The van der Waals surface area contributed by atoms with Gasteiger partial charge < -0.3 is 0 Å². The fourth-order valence-corrected chi connectivity index (χ4v) is 5.04. The van der Waals surface area contributed by atoms with Crippen LogP contribution in [-0.2, 0) is 10.0 Å². The first-order valence-electron chi connectivity index (χ1n) is 4.90. The Hall–Kier alpha value is -0.920. The van der Waals surface area contributed by atoms with Crippen molar-refractivity contribution in [1.29, 1.82) is 0 Å². The number of nitrogens with zero attached hydrogens (tertiary/aromatic N) is 1. The molecule has 1 heterocycles. The molecular formula is C11H9BrFNO2S2. The zero-order valence-electron chi connectivity index (χ0n) is 9.30. The van der Waals surface area contributed by atoms with E-state index in [0.717, 1.165) is 15.6 Å². The summed E-state index contributed by atoms with van der Waals surface area (Å²) in [6, 6.07) is 6.98. The smallest absolute Gasteiger partial charge is 0.269 e. The predicted molar refractivity (Wildman–Crippen MR) is 74.0 cm³/mol. The van der Waals surface area contributed by atoms with E-state index in [4.69, 9.17) is 0 Å². The molecule has 0 atom stereocenters. The average Bonchev–Trinajstić information content (AvgIpc) is 2.76. The molecule has 0 radical (unpaired) electrons.